The quantitative estimate of drug-likeness (QED) is 0.336. The number of unbranched alkanes of at least 4 members (excludes halogenated alkanes) is 4. The number of ketones is 2. The van der Waals surface area contributed by atoms with Crippen molar-refractivity contribution in [1.29, 1.82) is 0 Å². The first-order chi connectivity index (χ1) is 11.6. The molecule has 1 aliphatic carbocycles. The third kappa shape index (κ3) is 11.6. The first-order valence-corrected chi connectivity index (χ1v) is 16.1. The van der Waals surface area contributed by atoms with Gasteiger partial charge < -0.3 is 8.85 Å². The van der Waals surface area contributed by atoms with Crippen LogP contribution in [0.25, 0.3) is 0 Å². The largest absolute Gasteiger partial charge is 0.411 e. The van der Waals surface area contributed by atoms with Crippen molar-refractivity contribution in [1.82, 2.24) is 0 Å². The third-order valence-electron chi connectivity index (χ3n) is 4.27. The van der Waals surface area contributed by atoms with Crippen molar-refractivity contribution in [3.05, 3.63) is 12.2 Å². The second-order valence-corrected chi connectivity index (χ2v) is 17.4. The van der Waals surface area contributed by atoms with Crippen LogP contribution in [0.5, 0.6) is 0 Å². The summed E-state index contributed by atoms with van der Waals surface area (Å²) < 4.78 is 11.8. The van der Waals surface area contributed by atoms with E-state index in [0.29, 0.717) is 19.4 Å². The van der Waals surface area contributed by atoms with Gasteiger partial charge in [-0.1, -0.05) is 31.8 Å². The Morgan fingerprint density at radius 2 is 1.72 bits per heavy atom. The molecule has 0 aliphatic heterocycles. The van der Waals surface area contributed by atoms with Crippen LogP contribution in [0.3, 0.4) is 0 Å². The molecule has 0 bridgehead atoms. The van der Waals surface area contributed by atoms with Gasteiger partial charge in [-0.3, -0.25) is 9.59 Å². The van der Waals surface area contributed by atoms with Gasteiger partial charge >= 0.3 is 0 Å². The molecule has 0 radical (unpaired) electrons. The Labute approximate surface area is 155 Å². The second kappa shape index (κ2) is 10.6. The Balaban J connectivity index is 2.01. The van der Waals surface area contributed by atoms with E-state index in [9.17, 15) is 9.59 Å². The molecular weight excluding hydrogens is 348 g/mol. The van der Waals surface area contributed by atoms with Gasteiger partial charge in [0, 0.05) is 12.8 Å². The van der Waals surface area contributed by atoms with E-state index in [1.165, 1.54) is 19.3 Å². The summed E-state index contributed by atoms with van der Waals surface area (Å²) in [6, 6.07) is 1.13. The van der Waals surface area contributed by atoms with E-state index in [0.717, 1.165) is 18.9 Å². The van der Waals surface area contributed by atoms with Crippen LogP contribution in [0.15, 0.2) is 12.2 Å². The van der Waals surface area contributed by atoms with Gasteiger partial charge in [0.05, 0.1) is 12.7 Å². The molecule has 6 heteroatoms. The summed E-state index contributed by atoms with van der Waals surface area (Å²) in [6.45, 7) is 11.1. The molecular formula is C19H36O4Si2. The zero-order valence-electron chi connectivity index (χ0n) is 16.7. The number of Topliss-reactive ketones (excluding diaryl/α,β-unsaturated/α-hetero) is 1. The molecule has 0 spiro atoms. The Bertz CT molecular complexity index is 467. The van der Waals surface area contributed by atoms with Crippen LogP contribution >= 0.6 is 0 Å². The minimum Gasteiger partial charge on any atom is -0.411 e. The van der Waals surface area contributed by atoms with E-state index in [1.54, 1.807) is 6.08 Å². The van der Waals surface area contributed by atoms with Crippen LogP contribution in [-0.2, 0) is 18.4 Å². The second-order valence-electron chi connectivity index (χ2n) is 8.65. The standard InChI is InChI=1S/C19H36O4Si2/c1-24(2,3)22-16-18(21)11-9-7-6-8-10-14-25(4,5)23-19-13-12-17(20)15-19/h12-13,19H,6-11,14-16H2,1-5H3. The van der Waals surface area contributed by atoms with Crippen molar-refractivity contribution >= 4 is 28.2 Å². The molecule has 0 heterocycles. The van der Waals surface area contributed by atoms with Gasteiger partial charge in [0.15, 0.2) is 28.2 Å². The number of hydrogen-bond acceptors (Lipinski definition) is 4. The summed E-state index contributed by atoms with van der Waals surface area (Å²) in [6.07, 6.45) is 10.4. The van der Waals surface area contributed by atoms with Crippen LogP contribution < -0.4 is 0 Å². The molecule has 0 saturated carbocycles. The monoisotopic (exact) mass is 384 g/mol. The molecule has 0 N–H and O–H groups in total. The van der Waals surface area contributed by atoms with E-state index in [-0.39, 0.29) is 17.7 Å². The highest BCUT2D eigenvalue weighted by Crippen LogP contribution is 2.22. The molecule has 0 fully saturated rings. The maximum absolute atomic E-state index is 11.8. The Morgan fingerprint density at radius 1 is 1.08 bits per heavy atom. The van der Waals surface area contributed by atoms with Crippen molar-refractivity contribution in [2.24, 2.45) is 0 Å². The van der Waals surface area contributed by atoms with Gasteiger partial charge in [-0.15, -0.1) is 0 Å². The molecule has 0 aromatic rings. The van der Waals surface area contributed by atoms with E-state index in [2.05, 4.69) is 32.7 Å². The zero-order valence-corrected chi connectivity index (χ0v) is 18.7. The fraction of sp³-hybridized carbons (Fsp3) is 0.789. The highest BCUT2D eigenvalue weighted by Gasteiger charge is 2.28. The van der Waals surface area contributed by atoms with Gasteiger partial charge in [0.2, 0.25) is 0 Å². The number of carbonyl (C=O) groups excluding carboxylic acids is 2. The van der Waals surface area contributed by atoms with Gasteiger partial charge in [0.1, 0.15) is 0 Å². The number of carbonyl (C=O) groups is 2. The summed E-state index contributed by atoms with van der Waals surface area (Å²) in [4.78, 5) is 23.0. The van der Waals surface area contributed by atoms with Crippen LogP contribution in [0.2, 0.25) is 38.8 Å². The van der Waals surface area contributed by atoms with Crippen molar-refractivity contribution in [2.45, 2.75) is 89.8 Å². The molecule has 4 nitrogen and oxygen atoms in total. The fourth-order valence-electron chi connectivity index (χ4n) is 2.87. The molecule has 25 heavy (non-hydrogen) atoms. The molecule has 1 atom stereocenters. The number of rotatable bonds is 13. The predicted octanol–water partition coefficient (Wildman–Crippen LogP) is 4.87. The highest BCUT2D eigenvalue weighted by molar-refractivity contribution is 6.71. The van der Waals surface area contributed by atoms with Crippen LogP contribution in [0.4, 0.5) is 0 Å². The summed E-state index contributed by atoms with van der Waals surface area (Å²) >= 11 is 0. The van der Waals surface area contributed by atoms with Crippen LogP contribution in [0.1, 0.15) is 44.9 Å². The van der Waals surface area contributed by atoms with Crippen molar-refractivity contribution in [3.8, 4) is 0 Å². The molecule has 0 aromatic heterocycles. The Hall–Kier alpha value is -0.566. The van der Waals surface area contributed by atoms with Gasteiger partial charge in [-0.2, -0.15) is 0 Å². The average molecular weight is 385 g/mol. The first kappa shape index (κ1) is 22.5. The molecule has 144 valence electrons. The fourth-order valence-corrected chi connectivity index (χ4v) is 5.67. The Morgan fingerprint density at radius 3 is 2.32 bits per heavy atom. The maximum Gasteiger partial charge on any atom is 0.187 e. The molecule has 0 amide bonds. The third-order valence-corrected chi connectivity index (χ3v) is 7.78. The lowest BCUT2D eigenvalue weighted by atomic mass is 10.1. The zero-order chi connectivity index (χ0) is 18.9. The lowest BCUT2D eigenvalue weighted by Gasteiger charge is -2.26. The molecule has 1 aliphatic rings. The van der Waals surface area contributed by atoms with Crippen molar-refractivity contribution in [2.75, 3.05) is 6.61 Å². The normalized spacial score (nSPS) is 18.1. The van der Waals surface area contributed by atoms with E-state index in [1.807, 2.05) is 6.08 Å². The van der Waals surface area contributed by atoms with Gasteiger partial charge in [-0.05, 0) is 51.3 Å². The smallest absolute Gasteiger partial charge is 0.187 e. The average Bonchev–Trinajstić information content (AvgIpc) is 2.87. The molecule has 1 rings (SSSR count). The maximum atomic E-state index is 11.8. The minimum absolute atomic E-state index is 0.0126. The summed E-state index contributed by atoms with van der Waals surface area (Å²) in [7, 11) is -3.26. The van der Waals surface area contributed by atoms with Crippen LogP contribution in [0, 0.1) is 0 Å². The molecule has 1 unspecified atom stereocenters. The topological polar surface area (TPSA) is 52.6 Å². The van der Waals surface area contributed by atoms with Crippen molar-refractivity contribution in [3.63, 3.8) is 0 Å². The van der Waals surface area contributed by atoms with E-state index >= 15 is 0 Å². The summed E-state index contributed by atoms with van der Waals surface area (Å²) in [5.41, 5.74) is 0. The summed E-state index contributed by atoms with van der Waals surface area (Å²) in [5.74, 6) is 0.420. The molecule has 0 aromatic carbocycles. The van der Waals surface area contributed by atoms with Crippen molar-refractivity contribution < 1.29 is 18.4 Å². The van der Waals surface area contributed by atoms with Gasteiger partial charge in [0.25, 0.3) is 0 Å². The first-order valence-electron chi connectivity index (χ1n) is 9.62. The SMILES string of the molecule is C[Si](C)(C)OCC(=O)CCCCCCC[Si](C)(C)OC1C=CC(=O)C1. The van der Waals surface area contributed by atoms with E-state index < -0.39 is 16.6 Å². The van der Waals surface area contributed by atoms with Crippen LogP contribution in [-0.4, -0.2) is 40.9 Å². The number of allylic oxidation sites excluding steroid dienone is 1. The lowest BCUT2D eigenvalue weighted by molar-refractivity contribution is -0.121. The van der Waals surface area contributed by atoms with E-state index in [4.69, 9.17) is 8.85 Å². The minimum atomic E-state index is -1.68. The van der Waals surface area contributed by atoms with Gasteiger partial charge in [-0.25, -0.2) is 0 Å². The predicted molar refractivity (Wildman–Crippen MR) is 108 cm³/mol. The lowest BCUT2D eigenvalue weighted by Crippen LogP contribution is -2.34. The number of hydrogen-bond donors (Lipinski definition) is 0. The summed E-state index contributed by atoms with van der Waals surface area (Å²) in [5, 5.41) is 0. The highest BCUT2D eigenvalue weighted by atomic mass is 28.4. The Kier molecular flexibility index (Phi) is 9.48. The molecule has 0 saturated heterocycles.